The summed E-state index contributed by atoms with van der Waals surface area (Å²) in [5, 5.41) is 3.74. The zero-order valence-corrected chi connectivity index (χ0v) is 13.0. The van der Waals surface area contributed by atoms with Crippen LogP contribution in [0.2, 0.25) is 0 Å². The normalized spacial score (nSPS) is 20.9. The van der Waals surface area contributed by atoms with Crippen LogP contribution < -0.4 is 5.32 Å². The molecule has 0 amide bonds. The molecule has 1 N–H and O–H groups in total. The third-order valence-electron chi connectivity index (χ3n) is 5.35. The zero-order valence-electron chi connectivity index (χ0n) is 13.0. The van der Waals surface area contributed by atoms with Crippen LogP contribution >= 0.6 is 0 Å². The molecule has 3 rings (SSSR count). The minimum atomic E-state index is 0.504. The Balaban J connectivity index is 1.47. The van der Waals surface area contributed by atoms with E-state index in [1.807, 2.05) is 0 Å². The Morgan fingerprint density at radius 2 is 1.85 bits per heavy atom. The van der Waals surface area contributed by atoms with Crippen molar-refractivity contribution >= 4 is 0 Å². The molecule has 1 aromatic rings. The summed E-state index contributed by atoms with van der Waals surface area (Å²) < 4.78 is 0. The van der Waals surface area contributed by atoms with Gasteiger partial charge in [-0.05, 0) is 61.8 Å². The van der Waals surface area contributed by atoms with Crippen LogP contribution in [0.5, 0.6) is 0 Å². The maximum Gasteiger partial charge on any atom is 0.0291 e. The standard InChI is InChI=1S/C19H29N/c1-15(20-13-12-16-6-3-2-4-7-16)18-11-10-17-8-5-9-19(17)14-18/h10-11,14-16,20H,2-9,12-13H2,1H3. The smallest absolute Gasteiger partial charge is 0.0291 e. The molecule has 0 saturated heterocycles. The fraction of sp³-hybridized carbons (Fsp3) is 0.684. The number of benzene rings is 1. The molecule has 1 heteroatoms. The average molecular weight is 271 g/mol. The molecule has 110 valence electrons. The molecular formula is C19H29N. The molecule has 1 atom stereocenters. The summed E-state index contributed by atoms with van der Waals surface area (Å²) in [6, 6.07) is 7.64. The molecule has 1 nitrogen and oxygen atoms in total. The Morgan fingerprint density at radius 1 is 1.05 bits per heavy atom. The van der Waals surface area contributed by atoms with E-state index < -0.39 is 0 Å². The lowest BCUT2D eigenvalue weighted by Crippen LogP contribution is -2.22. The second-order valence-corrected chi connectivity index (χ2v) is 6.85. The lowest BCUT2D eigenvalue weighted by atomic mass is 9.87. The van der Waals surface area contributed by atoms with Crippen molar-refractivity contribution in [2.45, 2.75) is 70.8 Å². The maximum absolute atomic E-state index is 3.74. The summed E-state index contributed by atoms with van der Waals surface area (Å²) >= 11 is 0. The maximum atomic E-state index is 3.74. The fourth-order valence-electron chi connectivity index (χ4n) is 3.96. The van der Waals surface area contributed by atoms with Gasteiger partial charge in [0.2, 0.25) is 0 Å². The van der Waals surface area contributed by atoms with Crippen LogP contribution in [0.3, 0.4) is 0 Å². The van der Waals surface area contributed by atoms with Crippen LogP contribution in [0, 0.1) is 5.92 Å². The highest BCUT2D eigenvalue weighted by molar-refractivity contribution is 5.36. The molecule has 1 saturated carbocycles. The number of aryl methyl sites for hydroxylation is 2. The van der Waals surface area contributed by atoms with Gasteiger partial charge in [-0.2, -0.15) is 0 Å². The minimum absolute atomic E-state index is 0.504. The molecule has 0 aromatic heterocycles. The summed E-state index contributed by atoms with van der Waals surface area (Å²) in [6.07, 6.45) is 12.6. The summed E-state index contributed by atoms with van der Waals surface area (Å²) in [4.78, 5) is 0. The van der Waals surface area contributed by atoms with Gasteiger partial charge in [-0.25, -0.2) is 0 Å². The van der Waals surface area contributed by atoms with Crippen LogP contribution in [-0.2, 0) is 12.8 Å². The van der Waals surface area contributed by atoms with Crippen molar-refractivity contribution in [3.05, 3.63) is 34.9 Å². The number of nitrogens with one attached hydrogen (secondary N) is 1. The first kappa shape index (κ1) is 14.1. The van der Waals surface area contributed by atoms with Gasteiger partial charge in [-0.3, -0.25) is 0 Å². The van der Waals surface area contributed by atoms with Crippen molar-refractivity contribution in [3.8, 4) is 0 Å². The van der Waals surface area contributed by atoms with Crippen molar-refractivity contribution in [3.63, 3.8) is 0 Å². The van der Waals surface area contributed by atoms with E-state index in [1.165, 1.54) is 69.9 Å². The Labute approximate surface area is 124 Å². The Kier molecular flexibility index (Phi) is 4.77. The number of hydrogen-bond donors (Lipinski definition) is 1. The third kappa shape index (κ3) is 3.44. The van der Waals surface area contributed by atoms with Crippen LogP contribution in [-0.4, -0.2) is 6.54 Å². The first-order chi connectivity index (χ1) is 9.83. The van der Waals surface area contributed by atoms with Gasteiger partial charge in [0.1, 0.15) is 0 Å². The van der Waals surface area contributed by atoms with Gasteiger partial charge >= 0.3 is 0 Å². The quantitative estimate of drug-likeness (QED) is 0.811. The van der Waals surface area contributed by atoms with E-state index in [2.05, 4.69) is 30.4 Å². The zero-order chi connectivity index (χ0) is 13.8. The van der Waals surface area contributed by atoms with E-state index in [4.69, 9.17) is 0 Å². The summed E-state index contributed by atoms with van der Waals surface area (Å²) in [7, 11) is 0. The lowest BCUT2D eigenvalue weighted by Gasteiger charge is -2.23. The molecule has 2 aliphatic carbocycles. The molecule has 1 unspecified atom stereocenters. The molecule has 1 fully saturated rings. The highest BCUT2D eigenvalue weighted by Gasteiger charge is 2.15. The van der Waals surface area contributed by atoms with Gasteiger partial charge < -0.3 is 5.32 Å². The van der Waals surface area contributed by atoms with Gasteiger partial charge in [-0.1, -0.05) is 50.3 Å². The van der Waals surface area contributed by atoms with Gasteiger partial charge in [0.15, 0.2) is 0 Å². The fourth-order valence-corrected chi connectivity index (χ4v) is 3.96. The average Bonchev–Trinajstić information content (AvgIpc) is 2.95. The molecule has 0 heterocycles. The van der Waals surface area contributed by atoms with E-state index in [9.17, 15) is 0 Å². The number of fused-ring (bicyclic) bond motifs is 1. The molecule has 0 aliphatic heterocycles. The largest absolute Gasteiger partial charge is 0.310 e. The summed E-state index contributed by atoms with van der Waals surface area (Å²) in [5.74, 6) is 0.989. The van der Waals surface area contributed by atoms with E-state index in [1.54, 1.807) is 11.1 Å². The second-order valence-electron chi connectivity index (χ2n) is 6.85. The number of hydrogen-bond acceptors (Lipinski definition) is 1. The van der Waals surface area contributed by atoms with Crippen LogP contribution in [0.15, 0.2) is 18.2 Å². The predicted molar refractivity (Wildman–Crippen MR) is 86.1 cm³/mol. The third-order valence-corrected chi connectivity index (χ3v) is 5.35. The first-order valence-electron chi connectivity index (χ1n) is 8.68. The Morgan fingerprint density at radius 3 is 2.70 bits per heavy atom. The molecule has 0 bridgehead atoms. The van der Waals surface area contributed by atoms with Gasteiger partial charge in [0.05, 0.1) is 0 Å². The van der Waals surface area contributed by atoms with Crippen LogP contribution in [0.4, 0.5) is 0 Å². The van der Waals surface area contributed by atoms with Crippen molar-refractivity contribution in [2.24, 2.45) is 5.92 Å². The molecule has 2 aliphatic rings. The van der Waals surface area contributed by atoms with E-state index in [0.29, 0.717) is 6.04 Å². The first-order valence-corrected chi connectivity index (χ1v) is 8.68. The Hall–Kier alpha value is -0.820. The Bertz CT molecular complexity index is 431. The van der Waals surface area contributed by atoms with E-state index in [0.717, 1.165) is 5.92 Å². The van der Waals surface area contributed by atoms with Crippen LogP contribution in [0.1, 0.15) is 74.6 Å². The van der Waals surface area contributed by atoms with E-state index in [-0.39, 0.29) is 0 Å². The summed E-state index contributed by atoms with van der Waals surface area (Å²) in [6.45, 7) is 3.50. The lowest BCUT2D eigenvalue weighted by molar-refractivity contribution is 0.329. The van der Waals surface area contributed by atoms with Crippen molar-refractivity contribution in [1.29, 1.82) is 0 Å². The van der Waals surface area contributed by atoms with E-state index >= 15 is 0 Å². The van der Waals surface area contributed by atoms with Crippen LogP contribution in [0.25, 0.3) is 0 Å². The highest BCUT2D eigenvalue weighted by atomic mass is 14.9. The molecule has 0 spiro atoms. The topological polar surface area (TPSA) is 12.0 Å². The van der Waals surface area contributed by atoms with Crippen molar-refractivity contribution in [1.82, 2.24) is 5.32 Å². The van der Waals surface area contributed by atoms with Gasteiger partial charge in [0, 0.05) is 6.04 Å². The minimum Gasteiger partial charge on any atom is -0.310 e. The monoisotopic (exact) mass is 271 g/mol. The highest BCUT2D eigenvalue weighted by Crippen LogP contribution is 2.27. The molecular weight excluding hydrogens is 242 g/mol. The van der Waals surface area contributed by atoms with Gasteiger partial charge in [-0.15, -0.1) is 0 Å². The molecule has 1 aromatic carbocycles. The van der Waals surface area contributed by atoms with Crippen molar-refractivity contribution in [2.75, 3.05) is 6.54 Å². The summed E-state index contributed by atoms with van der Waals surface area (Å²) in [5.41, 5.74) is 4.67. The second kappa shape index (κ2) is 6.76. The molecule has 20 heavy (non-hydrogen) atoms. The van der Waals surface area contributed by atoms with Gasteiger partial charge in [0.25, 0.3) is 0 Å². The SMILES string of the molecule is CC(NCCC1CCCCC1)c1ccc2c(c1)CCC2. The molecule has 0 radical (unpaired) electrons. The van der Waals surface area contributed by atoms with Crippen molar-refractivity contribution < 1.29 is 0 Å². The number of rotatable bonds is 5. The predicted octanol–water partition coefficient (Wildman–Crippen LogP) is 4.80.